The van der Waals surface area contributed by atoms with Gasteiger partial charge in [0.15, 0.2) is 0 Å². The van der Waals surface area contributed by atoms with Crippen molar-refractivity contribution in [1.82, 2.24) is 0 Å². The van der Waals surface area contributed by atoms with Gasteiger partial charge in [0.05, 0.1) is 0 Å². The molecule has 1 N–H and O–H groups in total. The first-order valence-electron chi connectivity index (χ1n) is 0.447. The Morgan fingerprint density at radius 2 is 1.00 bits per heavy atom. The first-order chi connectivity index (χ1) is 1.00. The van der Waals surface area contributed by atoms with Crippen molar-refractivity contribution in [2.75, 3.05) is 7.11 Å². The predicted octanol–water partition coefficient (Wildman–Crippen LogP) is 0.450. The van der Waals surface area contributed by atoms with Gasteiger partial charge in [-0.15, -0.1) is 24.8 Å². The van der Waals surface area contributed by atoms with Crippen molar-refractivity contribution in [1.29, 1.82) is 0 Å². The van der Waals surface area contributed by atoms with E-state index in [2.05, 4.69) is 0 Å². The fourth-order valence-electron chi connectivity index (χ4n) is 0. The fraction of sp³-hybridized carbons (Fsp3) is 1.00. The van der Waals surface area contributed by atoms with Gasteiger partial charge in [0.2, 0.25) is 0 Å². The Labute approximate surface area is 54.4 Å². The maximum Gasteiger partial charge on any atom is 0.0319 e. The van der Waals surface area contributed by atoms with E-state index in [0.29, 0.717) is 0 Å². The third kappa shape index (κ3) is 42.2. The molecule has 0 aliphatic carbocycles. The van der Waals surface area contributed by atoms with Crippen LogP contribution in [-0.4, -0.2) is 12.2 Å². The van der Waals surface area contributed by atoms with Crippen molar-refractivity contribution < 1.29 is 22.2 Å². The minimum atomic E-state index is 0. The minimum Gasteiger partial charge on any atom is -0.400 e. The van der Waals surface area contributed by atoms with Gasteiger partial charge in [-0.3, -0.25) is 0 Å². The van der Waals surface area contributed by atoms with Crippen LogP contribution >= 0.6 is 24.8 Å². The van der Waals surface area contributed by atoms with E-state index in [1.165, 1.54) is 0 Å². The number of aliphatic hydroxyl groups is 1. The number of halogens is 2. The first kappa shape index (κ1) is 36.6. The zero-order valence-corrected chi connectivity index (χ0v) is 5.35. The van der Waals surface area contributed by atoms with E-state index in [0.717, 1.165) is 7.11 Å². The molecule has 0 aromatic heterocycles. The maximum absolute atomic E-state index is 7.00. The number of hydrogen-bond acceptors (Lipinski definition) is 1. The minimum absolute atomic E-state index is 0. The standard InChI is InChI=1S/CH4O.2ClH.Fe/c1-2;;;/h2H,1H3;2*1H;. The summed E-state index contributed by atoms with van der Waals surface area (Å²) in [6, 6.07) is 0. The average molecular weight is 161 g/mol. The van der Waals surface area contributed by atoms with Gasteiger partial charge >= 0.3 is 0 Å². The van der Waals surface area contributed by atoms with Crippen LogP contribution in [0, 0.1) is 0 Å². The molecule has 0 atom stereocenters. The van der Waals surface area contributed by atoms with Crippen LogP contribution in [0.3, 0.4) is 0 Å². The Kier molecular flexibility index (Phi) is 543. The van der Waals surface area contributed by atoms with Crippen molar-refractivity contribution >= 4 is 24.8 Å². The summed E-state index contributed by atoms with van der Waals surface area (Å²) in [7, 11) is 1.00. The molecule has 0 aliphatic rings. The molecule has 0 heterocycles. The summed E-state index contributed by atoms with van der Waals surface area (Å²) >= 11 is 0. The monoisotopic (exact) mass is 160 g/mol. The zero-order valence-electron chi connectivity index (χ0n) is 2.62. The van der Waals surface area contributed by atoms with E-state index in [4.69, 9.17) is 5.11 Å². The van der Waals surface area contributed by atoms with Gasteiger partial charge in [0.25, 0.3) is 0 Å². The van der Waals surface area contributed by atoms with E-state index in [1.54, 1.807) is 0 Å². The topological polar surface area (TPSA) is 20.2 Å². The first-order valence-corrected chi connectivity index (χ1v) is 0.447. The number of rotatable bonds is 0. The molecule has 0 aromatic rings. The maximum atomic E-state index is 7.00. The Morgan fingerprint density at radius 3 is 1.00 bits per heavy atom. The smallest absolute Gasteiger partial charge is 0.0319 e. The van der Waals surface area contributed by atoms with E-state index in [1.807, 2.05) is 0 Å². The molecule has 0 fully saturated rings. The van der Waals surface area contributed by atoms with Crippen LogP contribution in [0.5, 0.6) is 0 Å². The SMILES string of the molecule is CO.Cl.Cl.[Fe]. The number of aliphatic hydroxyl groups excluding tert-OH is 1. The molecule has 0 spiro atoms. The molecular formula is CH6Cl2FeO. The molecule has 0 unspecified atom stereocenters. The van der Waals surface area contributed by atoms with Gasteiger partial charge in [-0.25, -0.2) is 0 Å². The van der Waals surface area contributed by atoms with Gasteiger partial charge in [-0.05, 0) is 0 Å². The molecule has 0 amide bonds. The average Bonchev–Trinajstić information content (AvgIpc) is 1.00. The van der Waals surface area contributed by atoms with Crippen LogP contribution in [0.15, 0.2) is 0 Å². The summed E-state index contributed by atoms with van der Waals surface area (Å²) in [5, 5.41) is 7.00. The molecule has 0 saturated heterocycles. The van der Waals surface area contributed by atoms with Gasteiger partial charge in [0, 0.05) is 24.2 Å². The van der Waals surface area contributed by atoms with Gasteiger partial charge in [-0.2, -0.15) is 0 Å². The molecule has 0 aliphatic heterocycles. The van der Waals surface area contributed by atoms with E-state index in [-0.39, 0.29) is 41.9 Å². The zero-order chi connectivity index (χ0) is 2.00. The Bertz CT molecular complexity index is 9.61. The Morgan fingerprint density at radius 1 is 1.00 bits per heavy atom. The van der Waals surface area contributed by atoms with Crippen molar-refractivity contribution in [3.63, 3.8) is 0 Å². The van der Waals surface area contributed by atoms with Crippen LogP contribution in [0.4, 0.5) is 0 Å². The molecule has 4 heteroatoms. The van der Waals surface area contributed by atoms with Crippen LogP contribution in [0.1, 0.15) is 0 Å². The second kappa shape index (κ2) is 74.3. The summed E-state index contributed by atoms with van der Waals surface area (Å²) in [5.74, 6) is 0. The quantitative estimate of drug-likeness (QED) is 0.511. The summed E-state index contributed by atoms with van der Waals surface area (Å²) in [6.07, 6.45) is 0. The fourth-order valence-corrected chi connectivity index (χ4v) is 0. The van der Waals surface area contributed by atoms with Gasteiger partial charge < -0.3 is 5.11 Å². The van der Waals surface area contributed by atoms with E-state index in [9.17, 15) is 0 Å². The molecule has 0 saturated carbocycles. The summed E-state index contributed by atoms with van der Waals surface area (Å²) in [5.41, 5.74) is 0. The van der Waals surface area contributed by atoms with Crippen molar-refractivity contribution in [3.8, 4) is 0 Å². The molecule has 0 radical (unpaired) electrons. The second-order valence-electron chi connectivity index (χ2n) is 0. The van der Waals surface area contributed by atoms with Crippen LogP contribution in [-0.2, 0) is 17.1 Å². The predicted molar refractivity (Wildman–Crippen MR) is 22.6 cm³/mol. The van der Waals surface area contributed by atoms with Gasteiger partial charge in [-0.1, -0.05) is 0 Å². The van der Waals surface area contributed by atoms with E-state index < -0.39 is 0 Å². The summed E-state index contributed by atoms with van der Waals surface area (Å²) < 4.78 is 0. The normalized spacial score (nSPS) is 1.20. The largest absolute Gasteiger partial charge is 0.400 e. The molecule has 1 nitrogen and oxygen atoms in total. The van der Waals surface area contributed by atoms with Crippen molar-refractivity contribution in [2.24, 2.45) is 0 Å². The van der Waals surface area contributed by atoms with E-state index >= 15 is 0 Å². The third-order valence-electron chi connectivity index (χ3n) is 0. The number of hydrogen-bond donors (Lipinski definition) is 1. The Balaban J connectivity index is -0.00000000167. The molecule has 0 aromatic carbocycles. The van der Waals surface area contributed by atoms with Crippen LogP contribution in [0.25, 0.3) is 0 Å². The summed E-state index contributed by atoms with van der Waals surface area (Å²) in [4.78, 5) is 0. The van der Waals surface area contributed by atoms with Crippen LogP contribution in [0.2, 0.25) is 0 Å². The van der Waals surface area contributed by atoms with Crippen molar-refractivity contribution in [3.05, 3.63) is 0 Å². The van der Waals surface area contributed by atoms with Crippen molar-refractivity contribution in [2.45, 2.75) is 0 Å². The summed E-state index contributed by atoms with van der Waals surface area (Å²) in [6.45, 7) is 0. The van der Waals surface area contributed by atoms with Gasteiger partial charge in [0.1, 0.15) is 0 Å². The second-order valence-corrected chi connectivity index (χ2v) is 0. The van der Waals surface area contributed by atoms with Crippen LogP contribution < -0.4 is 0 Å². The molecule has 38 valence electrons. The molecular weight excluding hydrogens is 155 g/mol. The Hall–Kier alpha value is 1.06. The third-order valence-corrected chi connectivity index (χ3v) is 0. The molecule has 0 rings (SSSR count). The molecule has 5 heavy (non-hydrogen) atoms. The molecule has 0 bridgehead atoms.